The van der Waals surface area contributed by atoms with Crippen LogP contribution in [-0.4, -0.2) is 20.6 Å². The van der Waals surface area contributed by atoms with E-state index < -0.39 is 9.84 Å². The second-order valence-corrected chi connectivity index (χ2v) is 8.91. The lowest BCUT2D eigenvalue weighted by Gasteiger charge is -2.11. The Morgan fingerprint density at radius 2 is 1.52 bits per heavy atom. The molecule has 3 aromatic carbocycles. The van der Waals surface area contributed by atoms with Crippen molar-refractivity contribution in [1.29, 1.82) is 0 Å². The summed E-state index contributed by atoms with van der Waals surface area (Å²) in [5.74, 6) is -0.129. The van der Waals surface area contributed by atoms with Crippen LogP contribution in [0.5, 0.6) is 0 Å². The van der Waals surface area contributed by atoms with E-state index in [0.29, 0.717) is 24.3 Å². The zero-order valence-corrected chi connectivity index (χ0v) is 17.3. The number of nitrogens with one attached hydrogen (secondary N) is 2. The molecule has 3 aromatic rings. The van der Waals surface area contributed by atoms with Crippen molar-refractivity contribution in [3.63, 3.8) is 0 Å². The number of sulfone groups is 1. The molecule has 0 bridgehead atoms. The third-order valence-corrected chi connectivity index (χ3v) is 5.84. The molecule has 3 rings (SSSR count). The van der Waals surface area contributed by atoms with E-state index in [-0.39, 0.29) is 10.8 Å². The first kappa shape index (κ1) is 20.6. The number of carbonyl (C=O) groups excluding carboxylic acids is 1. The summed E-state index contributed by atoms with van der Waals surface area (Å²) in [7, 11) is -3.30. The Hall–Kier alpha value is -3.12. The minimum atomic E-state index is -3.30. The first-order valence-electron chi connectivity index (χ1n) is 9.29. The van der Waals surface area contributed by atoms with Crippen LogP contribution in [0, 0.1) is 6.92 Å². The maximum Gasteiger partial charge on any atom is 0.251 e. The maximum atomic E-state index is 12.4. The van der Waals surface area contributed by atoms with Gasteiger partial charge in [0.25, 0.3) is 5.91 Å². The Morgan fingerprint density at radius 1 is 0.862 bits per heavy atom. The van der Waals surface area contributed by atoms with Crippen molar-refractivity contribution >= 4 is 21.4 Å². The van der Waals surface area contributed by atoms with Crippen LogP contribution in [0.25, 0.3) is 0 Å². The molecule has 0 aromatic heterocycles. The van der Waals surface area contributed by atoms with Crippen molar-refractivity contribution in [1.82, 2.24) is 5.32 Å². The average molecular weight is 409 g/mol. The molecule has 0 aliphatic heterocycles. The first-order valence-corrected chi connectivity index (χ1v) is 11.2. The van der Waals surface area contributed by atoms with E-state index in [9.17, 15) is 13.2 Å². The maximum absolute atomic E-state index is 12.4. The lowest BCUT2D eigenvalue weighted by molar-refractivity contribution is 0.0951. The minimum Gasteiger partial charge on any atom is -0.380 e. The highest BCUT2D eigenvalue weighted by Crippen LogP contribution is 2.21. The van der Waals surface area contributed by atoms with Crippen molar-refractivity contribution in [2.24, 2.45) is 0 Å². The van der Waals surface area contributed by atoms with Gasteiger partial charge >= 0.3 is 0 Å². The lowest BCUT2D eigenvalue weighted by Crippen LogP contribution is -2.23. The fraction of sp³-hybridized carbons (Fsp3) is 0.174. The summed E-state index contributed by atoms with van der Waals surface area (Å²) >= 11 is 0. The Morgan fingerprint density at radius 3 is 2.21 bits per heavy atom. The van der Waals surface area contributed by atoms with E-state index in [1.807, 2.05) is 43.3 Å². The monoisotopic (exact) mass is 408 g/mol. The summed E-state index contributed by atoms with van der Waals surface area (Å²) in [6.07, 6.45) is 1.19. The van der Waals surface area contributed by atoms with Crippen molar-refractivity contribution in [3.05, 3.63) is 95.1 Å². The zero-order valence-electron chi connectivity index (χ0n) is 16.5. The van der Waals surface area contributed by atoms with Crippen LogP contribution in [0.15, 0.2) is 77.7 Å². The van der Waals surface area contributed by atoms with Gasteiger partial charge in [0.15, 0.2) is 9.84 Å². The molecule has 0 radical (unpaired) electrons. The number of rotatable bonds is 7. The van der Waals surface area contributed by atoms with Crippen LogP contribution in [0.2, 0.25) is 0 Å². The van der Waals surface area contributed by atoms with E-state index in [1.165, 1.54) is 6.26 Å². The fourth-order valence-electron chi connectivity index (χ4n) is 2.99. The molecular weight excluding hydrogens is 384 g/mol. The standard InChI is InChI=1S/C23H24N2O3S/c1-17-7-3-4-8-20(17)16-25-23(26)19-13-11-18(12-14-19)15-24-21-9-5-6-10-22(21)29(2,27)28/h3-14,24H,15-16H2,1-2H3,(H,25,26). The predicted molar refractivity (Wildman–Crippen MR) is 116 cm³/mol. The van der Waals surface area contributed by atoms with Gasteiger partial charge in [0.05, 0.1) is 10.6 Å². The van der Waals surface area contributed by atoms with Gasteiger partial charge in [0.1, 0.15) is 0 Å². The second-order valence-electron chi connectivity index (χ2n) is 6.93. The van der Waals surface area contributed by atoms with E-state index >= 15 is 0 Å². The molecule has 0 aliphatic rings. The Kier molecular flexibility index (Phi) is 6.34. The third-order valence-electron chi connectivity index (χ3n) is 4.69. The quantitative estimate of drug-likeness (QED) is 0.621. The Balaban J connectivity index is 1.61. The van der Waals surface area contributed by atoms with Crippen LogP contribution in [0.3, 0.4) is 0 Å². The van der Waals surface area contributed by atoms with Gasteiger partial charge in [-0.2, -0.15) is 0 Å². The van der Waals surface area contributed by atoms with Crippen LogP contribution in [-0.2, 0) is 22.9 Å². The number of hydrogen-bond acceptors (Lipinski definition) is 4. The van der Waals surface area contributed by atoms with Crippen LogP contribution < -0.4 is 10.6 Å². The summed E-state index contributed by atoms with van der Waals surface area (Å²) in [6, 6.07) is 22.0. The van der Waals surface area contributed by atoms with E-state index in [2.05, 4.69) is 10.6 Å². The number of anilines is 1. The zero-order chi connectivity index (χ0) is 20.9. The summed E-state index contributed by atoms with van der Waals surface area (Å²) in [6.45, 7) is 2.96. The average Bonchev–Trinajstić information content (AvgIpc) is 2.71. The number of hydrogen-bond donors (Lipinski definition) is 2. The van der Waals surface area contributed by atoms with E-state index in [4.69, 9.17) is 0 Å². The first-order chi connectivity index (χ1) is 13.8. The molecule has 0 aliphatic carbocycles. The topological polar surface area (TPSA) is 75.3 Å². The summed E-state index contributed by atoms with van der Waals surface area (Å²) < 4.78 is 23.8. The SMILES string of the molecule is Cc1ccccc1CNC(=O)c1ccc(CNc2ccccc2S(C)(=O)=O)cc1. The Bertz CT molecular complexity index is 1110. The minimum absolute atomic E-state index is 0.129. The van der Waals surface area contributed by atoms with Gasteiger partial charge in [0, 0.05) is 24.9 Å². The van der Waals surface area contributed by atoms with Gasteiger partial charge in [0.2, 0.25) is 0 Å². The highest BCUT2D eigenvalue weighted by Gasteiger charge is 2.12. The number of para-hydroxylation sites is 1. The van der Waals surface area contributed by atoms with Crippen molar-refractivity contribution in [3.8, 4) is 0 Å². The summed E-state index contributed by atoms with van der Waals surface area (Å²) in [5, 5.41) is 6.09. The van der Waals surface area contributed by atoms with E-state index in [1.54, 1.807) is 36.4 Å². The van der Waals surface area contributed by atoms with Gasteiger partial charge < -0.3 is 10.6 Å². The van der Waals surface area contributed by atoms with Crippen molar-refractivity contribution < 1.29 is 13.2 Å². The largest absolute Gasteiger partial charge is 0.380 e. The fourth-order valence-corrected chi connectivity index (χ4v) is 3.86. The molecular formula is C23H24N2O3S. The normalized spacial score (nSPS) is 11.1. The molecule has 2 N–H and O–H groups in total. The van der Waals surface area contributed by atoms with Crippen molar-refractivity contribution in [2.45, 2.75) is 24.9 Å². The van der Waals surface area contributed by atoms with Crippen LogP contribution in [0.1, 0.15) is 27.0 Å². The predicted octanol–water partition coefficient (Wildman–Crippen LogP) is 3.94. The highest BCUT2D eigenvalue weighted by molar-refractivity contribution is 7.90. The van der Waals surface area contributed by atoms with Gasteiger partial charge in [-0.05, 0) is 47.9 Å². The molecule has 1 amide bonds. The molecule has 0 heterocycles. The van der Waals surface area contributed by atoms with Crippen LogP contribution >= 0.6 is 0 Å². The molecule has 0 spiro atoms. The highest BCUT2D eigenvalue weighted by atomic mass is 32.2. The van der Waals surface area contributed by atoms with Gasteiger partial charge in [-0.15, -0.1) is 0 Å². The summed E-state index contributed by atoms with van der Waals surface area (Å²) in [5.41, 5.74) is 4.33. The summed E-state index contributed by atoms with van der Waals surface area (Å²) in [4.78, 5) is 12.7. The van der Waals surface area contributed by atoms with Gasteiger partial charge in [-0.3, -0.25) is 4.79 Å². The molecule has 5 nitrogen and oxygen atoms in total. The van der Waals surface area contributed by atoms with Gasteiger partial charge in [-0.1, -0.05) is 48.5 Å². The Labute approximate surface area is 171 Å². The smallest absolute Gasteiger partial charge is 0.251 e. The second kappa shape index (κ2) is 8.92. The van der Waals surface area contributed by atoms with Gasteiger partial charge in [-0.25, -0.2) is 8.42 Å². The van der Waals surface area contributed by atoms with Crippen molar-refractivity contribution in [2.75, 3.05) is 11.6 Å². The van der Waals surface area contributed by atoms with E-state index in [0.717, 1.165) is 16.7 Å². The molecule has 150 valence electrons. The lowest BCUT2D eigenvalue weighted by atomic mass is 10.1. The number of amides is 1. The molecule has 6 heteroatoms. The molecule has 0 fully saturated rings. The number of carbonyl (C=O) groups is 1. The molecule has 0 unspecified atom stereocenters. The molecule has 29 heavy (non-hydrogen) atoms. The molecule has 0 atom stereocenters. The number of aryl methyl sites for hydroxylation is 1. The van der Waals surface area contributed by atoms with Crippen LogP contribution in [0.4, 0.5) is 5.69 Å². The molecule has 0 saturated heterocycles. The third kappa shape index (κ3) is 5.45. The molecule has 0 saturated carbocycles. The number of benzene rings is 3.